The van der Waals surface area contributed by atoms with Crippen molar-refractivity contribution in [2.75, 3.05) is 10.6 Å². The van der Waals surface area contributed by atoms with Gasteiger partial charge in [0.25, 0.3) is 11.6 Å². The number of carbonyl (C=O) groups is 2. The summed E-state index contributed by atoms with van der Waals surface area (Å²) < 4.78 is 0. The summed E-state index contributed by atoms with van der Waals surface area (Å²) in [6, 6.07) is 17.2. The second kappa shape index (κ2) is 10.5. The highest BCUT2D eigenvalue weighted by molar-refractivity contribution is 8.00. The van der Waals surface area contributed by atoms with Gasteiger partial charge in [0.2, 0.25) is 5.91 Å². The Morgan fingerprint density at radius 3 is 2.06 bits per heavy atom. The highest BCUT2D eigenvalue weighted by Gasteiger charge is 2.16. The zero-order valence-corrected chi connectivity index (χ0v) is 19.0. The quantitative estimate of drug-likeness (QED) is 0.231. The number of benzene rings is 3. The van der Waals surface area contributed by atoms with E-state index in [4.69, 9.17) is 23.2 Å². The zero-order chi connectivity index (χ0) is 23.3. The molecule has 0 saturated carbocycles. The van der Waals surface area contributed by atoms with E-state index in [2.05, 4.69) is 10.6 Å². The summed E-state index contributed by atoms with van der Waals surface area (Å²) in [4.78, 5) is 35.8. The molecule has 1 atom stereocenters. The summed E-state index contributed by atoms with van der Waals surface area (Å²) in [6.45, 7) is 1.77. The minimum atomic E-state index is -0.524. The molecular formula is C22H17Cl2N3O4S. The standard InChI is InChI=1S/C22H17Cl2N3O4S/c1-13(21(28)26-18-11-15(23)10-16(24)12-18)32-20-8-4-17(5-9-20)25-22(29)14-2-6-19(7-3-14)27(30)31/h2-13H,1H3,(H,25,29)(H,26,28). The molecule has 0 fully saturated rings. The first-order valence-corrected chi connectivity index (χ1v) is 10.9. The number of nitro groups is 1. The highest BCUT2D eigenvalue weighted by Crippen LogP contribution is 2.27. The fourth-order valence-corrected chi connectivity index (χ4v) is 4.08. The summed E-state index contributed by atoms with van der Waals surface area (Å²) in [6.07, 6.45) is 0. The maximum absolute atomic E-state index is 12.5. The smallest absolute Gasteiger partial charge is 0.269 e. The molecule has 0 aliphatic rings. The molecule has 32 heavy (non-hydrogen) atoms. The molecular weight excluding hydrogens is 473 g/mol. The summed E-state index contributed by atoms with van der Waals surface area (Å²) in [5, 5.41) is 16.7. The van der Waals surface area contributed by atoms with Gasteiger partial charge < -0.3 is 10.6 Å². The van der Waals surface area contributed by atoms with Crippen molar-refractivity contribution in [2.45, 2.75) is 17.1 Å². The number of nitrogens with zero attached hydrogens (tertiary/aromatic N) is 1. The van der Waals surface area contributed by atoms with Crippen molar-refractivity contribution >= 4 is 63.8 Å². The third-order valence-corrected chi connectivity index (χ3v) is 5.81. The molecule has 0 heterocycles. The molecule has 2 N–H and O–H groups in total. The van der Waals surface area contributed by atoms with Gasteiger partial charge in [-0.05, 0) is 61.5 Å². The fourth-order valence-electron chi connectivity index (χ4n) is 2.68. The molecule has 0 aromatic heterocycles. The van der Waals surface area contributed by atoms with E-state index in [9.17, 15) is 19.7 Å². The highest BCUT2D eigenvalue weighted by atomic mass is 35.5. The SMILES string of the molecule is CC(Sc1ccc(NC(=O)c2ccc([N+](=O)[O-])cc2)cc1)C(=O)Nc1cc(Cl)cc(Cl)c1. The zero-order valence-electron chi connectivity index (χ0n) is 16.7. The number of nitro benzene ring substituents is 1. The molecule has 10 heteroatoms. The molecule has 3 aromatic carbocycles. The Kier molecular flexibility index (Phi) is 7.74. The first-order valence-electron chi connectivity index (χ1n) is 9.31. The molecule has 0 aliphatic heterocycles. The lowest BCUT2D eigenvalue weighted by atomic mass is 10.2. The predicted molar refractivity (Wildman–Crippen MR) is 128 cm³/mol. The molecule has 0 bridgehead atoms. The van der Waals surface area contributed by atoms with E-state index in [0.717, 1.165) is 4.90 Å². The molecule has 7 nitrogen and oxygen atoms in total. The van der Waals surface area contributed by atoms with Gasteiger partial charge in [-0.1, -0.05) is 23.2 Å². The van der Waals surface area contributed by atoms with E-state index in [-0.39, 0.29) is 17.5 Å². The van der Waals surface area contributed by atoms with Gasteiger partial charge in [-0.3, -0.25) is 19.7 Å². The van der Waals surface area contributed by atoms with Crippen LogP contribution < -0.4 is 10.6 Å². The van der Waals surface area contributed by atoms with E-state index < -0.39 is 10.2 Å². The number of hydrogen-bond donors (Lipinski definition) is 2. The first kappa shape index (κ1) is 23.6. The second-order valence-corrected chi connectivity index (χ2v) is 8.98. The van der Waals surface area contributed by atoms with E-state index >= 15 is 0 Å². The number of hydrogen-bond acceptors (Lipinski definition) is 5. The normalized spacial score (nSPS) is 11.5. The van der Waals surface area contributed by atoms with Gasteiger partial charge in [0, 0.05) is 44.0 Å². The Bertz CT molecular complexity index is 1130. The monoisotopic (exact) mass is 489 g/mol. The average molecular weight is 490 g/mol. The number of rotatable bonds is 7. The summed E-state index contributed by atoms with van der Waals surface area (Å²) >= 11 is 13.3. The largest absolute Gasteiger partial charge is 0.325 e. The second-order valence-electron chi connectivity index (χ2n) is 6.69. The van der Waals surface area contributed by atoms with Crippen molar-refractivity contribution in [3.8, 4) is 0 Å². The molecule has 1 unspecified atom stereocenters. The van der Waals surface area contributed by atoms with E-state index in [1.165, 1.54) is 36.0 Å². The van der Waals surface area contributed by atoms with Gasteiger partial charge in [-0.15, -0.1) is 11.8 Å². The number of nitrogens with one attached hydrogen (secondary N) is 2. The lowest BCUT2D eigenvalue weighted by Gasteiger charge is -2.13. The van der Waals surface area contributed by atoms with Crippen LogP contribution in [0.2, 0.25) is 10.0 Å². The maximum atomic E-state index is 12.5. The third kappa shape index (κ3) is 6.46. The average Bonchev–Trinajstić information content (AvgIpc) is 2.74. The fraction of sp³-hybridized carbons (Fsp3) is 0.0909. The van der Waals surface area contributed by atoms with Crippen molar-refractivity contribution in [1.82, 2.24) is 0 Å². The predicted octanol–water partition coefficient (Wildman–Crippen LogP) is 6.27. The Morgan fingerprint density at radius 2 is 1.50 bits per heavy atom. The van der Waals surface area contributed by atoms with Crippen LogP contribution in [0.3, 0.4) is 0 Å². The van der Waals surface area contributed by atoms with Crippen LogP contribution in [0.15, 0.2) is 71.6 Å². The van der Waals surface area contributed by atoms with Crippen LogP contribution in [-0.4, -0.2) is 22.0 Å². The van der Waals surface area contributed by atoms with E-state index in [0.29, 0.717) is 27.0 Å². The van der Waals surface area contributed by atoms with Gasteiger partial charge in [0.15, 0.2) is 0 Å². The van der Waals surface area contributed by atoms with E-state index in [1.807, 2.05) is 0 Å². The van der Waals surface area contributed by atoms with Crippen LogP contribution >= 0.6 is 35.0 Å². The van der Waals surface area contributed by atoms with Gasteiger partial charge in [-0.2, -0.15) is 0 Å². The number of amides is 2. The number of halogens is 2. The minimum absolute atomic E-state index is 0.0838. The third-order valence-electron chi connectivity index (χ3n) is 4.26. The van der Waals surface area contributed by atoms with Crippen molar-refractivity contribution < 1.29 is 14.5 Å². The van der Waals surface area contributed by atoms with Crippen LogP contribution in [0.25, 0.3) is 0 Å². The summed E-state index contributed by atoms with van der Waals surface area (Å²) in [5.74, 6) is -0.586. The number of anilines is 2. The lowest BCUT2D eigenvalue weighted by Crippen LogP contribution is -2.22. The Morgan fingerprint density at radius 1 is 0.906 bits per heavy atom. The Hall–Kier alpha value is -3.07. The van der Waals surface area contributed by atoms with Gasteiger partial charge in [0.1, 0.15) is 0 Å². The van der Waals surface area contributed by atoms with Crippen molar-refractivity contribution in [2.24, 2.45) is 0 Å². The minimum Gasteiger partial charge on any atom is -0.325 e. The van der Waals surface area contributed by atoms with Crippen molar-refractivity contribution in [1.29, 1.82) is 0 Å². The molecule has 0 saturated heterocycles. The molecule has 3 rings (SSSR count). The molecule has 164 valence electrons. The Balaban J connectivity index is 1.57. The first-order chi connectivity index (χ1) is 15.2. The van der Waals surface area contributed by atoms with Gasteiger partial charge >= 0.3 is 0 Å². The number of carbonyl (C=O) groups excluding carboxylic acids is 2. The van der Waals surface area contributed by atoms with Crippen LogP contribution in [-0.2, 0) is 4.79 Å². The molecule has 0 spiro atoms. The van der Waals surface area contributed by atoms with Crippen LogP contribution in [0.4, 0.5) is 17.1 Å². The topological polar surface area (TPSA) is 101 Å². The number of non-ortho nitro benzene ring substituents is 1. The molecule has 3 aromatic rings. The maximum Gasteiger partial charge on any atom is 0.269 e. The van der Waals surface area contributed by atoms with Gasteiger partial charge in [-0.25, -0.2) is 0 Å². The molecule has 0 radical (unpaired) electrons. The summed E-state index contributed by atoms with van der Waals surface area (Å²) in [7, 11) is 0. The van der Waals surface area contributed by atoms with Crippen LogP contribution in [0.5, 0.6) is 0 Å². The molecule has 2 amide bonds. The van der Waals surface area contributed by atoms with E-state index in [1.54, 1.807) is 49.4 Å². The van der Waals surface area contributed by atoms with Gasteiger partial charge in [0.05, 0.1) is 10.2 Å². The van der Waals surface area contributed by atoms with Crippen molar-refractivity contribution in [3.05, 3.63) is 92.5 Å². The lowest BCUT2D eigenvalue weighted by molar-refractivity contribution is -0.384. The number of thioether (sulfide) groups is 1. The van der Waals surface area contributed by atoms with Crippen LogP contribution in [0, 0.1) is 10.1 Å². The molecule has 0 aliphatic carbocycles. The van der Waals surface area contributed by atoms with Crippen LogP contribution in [0.1, 0.15) is 17.3 Å². The van der Waals surface area contributed by atoms with Crippen molar-refractivity contribution in [3.63, 3.8) is 0 Å². The Labute approximate surface area is 198 Å². The summed E-state index contributed by atoms with van der Waals surface area (Å²) in [5.41, 5.74) is 1.30.